The van der Waals surface area contributed by atoms with Crippen molar-refractivity contribution in [2.45, 2.75) is 50.4 Å². The minimum absolute atomic E-state index is 0.0521. The molecule has 0 saturated heterocycles. The second-order valence-electron chi connectivity index (χ2n) is 7.62. The lowest BCUT2D eigenvalue weighted by Gasteiger charge is -2.24. The highest BCUT2D eigenvalue weighted by atomic mass is 32.1. The smallest absolute Gasteiger partial charge is 0.325 e. The first-order valence-electron chi connectivity index (χ1n) is 10.6. The van der Waals surface area contributed by atoms with E-state index in [0.717, 1.165) is 5.56 Å². The number of guanidine groups is 1. The highest BCUT2D eigenvalue weighted by Crippen LogP contribution is 2.05. The molecule has 10 N–H and O–H groups in total. The lowest BCUT2D eigenvalue weighted by atomic mass is 10.0. The van der Waals surface area contributed by atoms with E-state index in [2.05, 4.69) is 33.6 Å². The maximum Gasteiger partial charge on any atom is 0.325 e. The van der Waals surface area contributed by atoms with Crippen LogP contribution >= 0.6 is 12.6 Å². The van der Waals surface area contributed by atoms with Gasteiger partial charge in [0.1, 0.15) is 18.1 Å². The molecular weight excluding hydrogens is 462 g/mol. The summed E-state index contributed by atoms with van der Waals surface area (Å²) in [5.41, 5.74) is 17.1. The number of carboxylic acid groups (broad SMARTS) is 1. The van der Waals surface area contributed by atoms with Crippen molar-refractivity contribution >= 4 is 42.3 Å². The molecule has 34 heavy (non-hydrogen) atoms. The van der Waals surface area contributed by atoms with Crippen LogP contribution in [-0.4, -0.2) is 71.2 Å². The van der Waals surface area contributed by atoms with E-state index in [0.29, 0.717) is 13.0 Å². The quantitative estimate of drug-likeness (QED) is 0.0629. The fourth-order valence-electron chi connectivity index (χ4n) is 2.83. The van der Waals surface area contributed by atoms with Crippen LogP contribution in [0, 0.1) is 0 Å². The molecule has 13 heteroatoms. The Bertz CT molecular complexity index is 864. The van der Waals surface area contributed by atoms with Gasteiger partial charge in [-0.25, -0.2) is 0 Å². The third-order valence-corrected chi connectivity index (χ3v) is 5.13. The van der Waals surface area contributed by atoms with Crippen LogP contribution < -0.4 is 33.2 Å². The zero-order valence-corrected chi connectivity index (χ0v) is 19.8. The Balaban J connectivity index is 2.82. The molecule has 1 aromatic rings. The van der Waals surface area contributed by atoms with Crippen molar-refractivity contribution in [1.82, 2.24) is 16.0 Å². The molecule has 0 fully saturated rings. The van der Waals surface area contributed by atoms with Crippen molar-refractivity contribution in [3.63, 3.8) is 0 Å². The van der Waals surface area contributed by atoms with E-state index in [1.807, 2.05) is 0 Å². The van der Waals surface area contributed by atoms with Gasteiger partial charge in [-0.3, -0.25) is 24.2 Å². The number of thiol groups is 1. The number of nitrogens with two attached hydrogens (primary N) is 3. The highest BCUT2D eigenvalue weighted by Gasteiger charge is 2.29. The summed E-state index contributed by atoms with van der Waals surface area (Å²) in [6.45, 7) is 1.62. The minimum atomic E-state index is -1.22. The Morgan fingerprint density at radius 2 is 1.59 bits per heavy atom. The molecule has 4 unspecified atom stereocenters. The maximum atomic E-state index is 12.8. The SMILES string of the molecule is CC(NC(=O)C(Cc1ccccc1)NC(=O)C(CS)NC(=O)C(N)CCCN=C(N)N)C(=O)O. The molecule has 0 spiro atoms. The van der Waals surface area contributed by atoms with Gasteiger partial charge in [-0.1, -0.05) is 30.3 Å². The zero-order chi connectivity index (χ0) is 25.7. The molecule has 4 atom stereocenters. The van der Waals surface area contributed by atoms with Crippen LogP contribution in [0.1, 0.15) is 25.3 Å². The van der Waals surface area contributed by atoms with Gasteiger partial charge in [0, 0.05) is 18.7 Å². The summed E-state index contributed by atoms with van der Waals surface area (Å²) in [7, 11) is 0. The molecule has 12 nitrogen and oxygen atoms in total. The van der Waals surface area contributed by atoms with Crippen LogP contribution in [-0.2, 0) is 25.6 Å². The number of amides is 3. The molecular formula is C21H33N7O5S. The number of carboxylic acids is 1. The fraction of sp³-hybridized carbons (Fsp3) is 0.476. The van der Waals surface area contributed by atoms with Gasteiger partial charge < -0.3 is 38.3 Å². The van der Waals surface area contributed by atoms with Gasteiger partial charge in [0.15, 0.2) is 5.96 Å². The maximum absolute atomic E-state index is 12.8. The van der Waals surface area contributed by atoms with E-state index >= 15 is 0 Å². The number of hydrogen-bond donors (Lipinski definition) is 8. The van der Waals surface area contributed by atoms with E-state index in [9.17, 15) is 19.2 Å². The summed E-state index contributed by atoms with van der Waals surface area (Å²) in [4.78, 5) is 52.8. The van der Waals surface area contributed by atoms with Gasteiger partial charge in [-0.2, -0.15) is 12.6 Å². The molecule has 1 aromatic carbocycles. The standard InChI is InChI=1S/C21H33N7O5S/c1-12(20(32)33)26-18(30)15(10-13-6-3-2-4-7-13)27-19(31)16(11-34)28-17(29)14(22)8-5-9-25-21(23)24/h2-4,6-7,12,14-16,34H,5,8-11,22H2,1H3,(H,26,30)(H,27,31)(H,28,29)(H,32,33)(H4,23,24,25). The van der Waals surface area contributed by atoms with E-state index in [-0.39, 0.29) is 24.6 Å². The molecule has 0 radical (unpaired) electrons. The number of aliphatic carboxylic acids is 1. The first-order chi connectivity index (χ1) is 16.0. The van der Waals surface area contributed by atoms with Crippen molar-refractivity contribution in [1.29, 1.82) is 0 Å². The molecule has 0 bridgehead atoms. The van der Waals surface area contributed by atoms with Crippen LogP contribution in [0.4, 0.5) is 0 Å². The normalized spacial score (nSPS) is 14.1. The summed E-state index contributed by atoms with van der Waals surface area (Å²) in [6.07, 6.45) is 0.864. The number of rotatable bonds is 14. The summed E-state index contributed by atoms with van der Waals surface area (Å²) in [6, 6.07) is 4.69. The summed E-state index contributed by atoms with van der Waals surface area (Å²) >= 11 is 4.12. The highest BCUT2D eigenvalue weighted by molar-refractivity contribution is 7.80. The summed E-state index contributed by atoms with van der Waals surface area (Å²) < 4.78 is 0. The first kappa shape index (κ1) is 28.7. The number of nitrogens with one attached hydrogen (secondary N) is 3. The van der Waals surface area contributed by atoms with Crippen molar-refractivity contribution in [2.24, 2.45) is 22.2 Å². The van der Waals surface area contributed by atoms with Crippen LogP contribution in [0.15, 0.2) is 35.3 Å². The van der Waals surface area contributed by atoms with E-state index in [4.69, 9.17) is 22.3 Å². The molecule has 1 rings (SSSR count). The van der Waals surface area contributed by atoms with Crippen molar-refractivity contribution in [2.75, 3.05) is 12.3 Å². The van der Waals surface area contributed by atoms with Crippen molar-refractivity contribution in [3.8, 4) is 0 Å². The molecule has 0 aromatic heterocycles. The average molecular weight is 496 g/mol. The summed E-state index contributed by atoms with van der Waals surface area (Å²) in [5.74, 6) is -3.22. The molecule has 188 valence electrons. The van der Waals surface area contributed by atoms with Gasteiger partial charge in [0.2, 0.25) is 17.7 Å². The lowest BCUT2D eigenvalue weighted by Crippen LogP contribution is -2.58. The van der Waals surface area contributed by atoms with Crippen molar-refractivity contribution in [3.05, 3.63) is 35.9 Å². The number of carbonyl (C=O) groups is 4. The molecule has 0 aliphatic heterocycles. The van der Waals surface area contributed by atoms with Crippen LogP contribution in [0.3, 0.4) is 0 Å². The number of hydrogen-bond acceptors (Lipinski definition) is 7. The van der Waals surface area contributed by atoms with Crippen LogP contribution in [0.2, 0.25) is 0 Å². The molecule has 0 aliphatic rings. The largest absolute Gasteiger partial charge is 0.480 e. The second kappa shape index (κ2) is 14.8. The van der Waals surface area contributed by atoms with Gasteiger partial charge in [0.05, 0.1) is 6.04 Å². The molecule has 0 saturated carbocycles. The van der Waals surface area contributed by atoms with E-state index < -0.39 is 47.9 Å². The van der Waals surface area contributed by atoms with Crippen molar-refractivity contribution < 1.29 is 24.3 Å². The third kappa shape index (κ3) is 10.5. The number of carbonyl (C=O) groups excluding carboxylic acids is 3. The monoisotopic (exact) mass is 495 g/mol. The van der Waals surface area contributed by atoms with Gasteiger partial charge in [-0.05, 0) is 25.3 Å². The van der Waals surface area contributed by atoms with E-state index in [1.54, 1.807) is 30.3 Å². The zero-order valence-electron chi connectivity index (χ0n) is 18.9. The Morgan fingerprint density at radius 1 is 1.00 bits per heavy atom. The summed E-state index contributed by atoms with van der Waals surface area (Å²) in [5, 5.41) is 16.5. The van der Waals surface area contributed by atoms with E-state index in [1.165, 1.54) is 6.92 Å². The first-order valence-corrected chi connectivity index (χ1v) is 11.3. The average Bonchev–Trinajstić information content (AvgIpc) is 2.79. The fourth-order valence-corrected chi connectivity index (χ4v) is 3.09. The van der Waals surface area contributed by atoms with Crippen LogP contribution in [0.5, 0.6) is 0 Å². The van der Waals surface area contributed by atoms with Gasteiger partial charge in [0.25, 0.3) is 0 Å². The lowest BCUT2D eigenvalue weighted by molar-refractivity contribution is -0.141. The predicted molar refractivity (Wildman–Crippen MR) is 131 cm³/mol. The number of nitrogens with zero attached hydrogens (tertiary/aromatic N) is 1. The Kier molecular flexibility index (Phi) is 12.5. The molecule has 0 heterocycles. The Labute approximate surface area is 203 Å². The topological polar surface area (TPSA) is 215 Å². The molecule has 0 aliphatic carbocycles. The Hall–Kier alpha value is -3.32. The third-order valence-electron chi connectivity index (χ3n) is 4.76. The van der Waals surface area contributed by atoms with Gasteiger partial charge in [-0.15, -0.1) is 0 Å². The Morgan fingerprint density at radius 3 is 2.15 bits per heavy atom. The number of benzene rings is 1. The predicted octanol–water partition coefficient (Wildman–Crippen LogP) is -1.90. The molecule has 3 amide bonds. The minimum Gasteiger partial charge on any atom is -0.480 e. The number of aliphatic imine (C=N–C) groups is 1. The second-order valence-corrected chi connectivity index (χ2v) is 7.98. The van der Waals surface area contributed by atoms with Gasteiger partial charge >= 0.3 is 5.97 Å². The van der Waals surface area contributed by atoms with Crippen LogP contribution in [0.25, 0.3) is 0 Å².